The summed E-state index contributed by atoms with van der Waals surface area (Å²) < 4.78 is 42.1. The zero-order valence-corrected chi connectivity index (χ0v) is 18.6. The molecule has 0 aromatic heterocycles. The van der Waals surface area contributed by atoms with Crippen LogP contribution < -0.4 is 0 Å². The number of hydrogen-bond acceptors (Lipinski definition) is 6. The second kappa shape index (κ2) is 18.1. The Hall–Kier alpha value is 0.486. The Morgan fingerprint density at radius 1 is 0.793 bits per heavy atom. The number of ether oxygens (including phenoxy) is 2. The van der Waals surface area contributed by atoms with Crippen LogP contribution in [0.25, 0.3) is 0 Å². The Labute approximate surface area is 219 Å². The van der Waals surface area contributed by atoms with Gasteiger partial charge in [-0.2, -0.15) is 8.42 Å². The van der Waals surface area contributed by atoms with Crippen LogP contribution in [0.1, 0.15) is 85.5 Å². The minimum atomic E-state index is -4.74. The Morgan fingerprint density at radius 2 is 1.24 bits per heavy atom. The molecule has 1 atom stereocenters. The molecule has 0 spiro atoms. The summed E-state index contributed by atoms with van der Waals surface area (Å²) in [6.07, 6.45) is 6.52. The first-order chi connectivity index (χ1) is 13.0. The van der Waals surface area contributed by atoms with Crippen LogP contribution in [0, 0.1) is 11.8 Å². The van der Waals surface area contributed by atoms with E-state index >= 15 is 0 Å². The van der Waals surface area contributed by atoms with Crippen molar-refractivity contribution in [3.05, 3.63) is 0 Å². The predicted octanol–water partition coefficient (Wildman–Crippen LogP) is 3.50. The molecular formula is C20H39KO7S. The van der Waals surface area contributed by atoms with Gasteiger partial charge in [-0.3, -0.25) is 14.1 Å². The molecule has 0 rings (SSSR count). The average molecular weight is 463 g/mol. The Bertz CT molecular complexity index is 547. The number of rotatable bonds is 16. The van der Waals surface area contributed by atoms with Gasteiger partial charge in [0.1, 0.15) is 0 Å². The zero-order valence-electron chi connectivity index (χ0n) is 17.8. The third kappa shape index (κ3) is 18.9. The average Bonchev–Trinajstić information content (AvgIpc) is 2.57. The molecule has 0 aromatic rings. The summed E-state index contributed by atoms with van der Waals surface area (Å²) in [7, 11) is -4.74. The van der Waals surface area contributed by atoms with Crippen LogP contribution in [0.2, 0.25) is 0 Å². The van der Waals surface area contributed by atoms with Crippen molar-refractivity contribution in [3.63, 3.8) is 0 Å². The van der Waals surface area contributed by atoms with Crippen molar-refractivity contribution < 1.29 is 32.0 Å². The molecular weight excluding hydrogens is 423 g/mol. The van der Waals surface area contributed by atoms with E-state index in [1.165, 1.54) is 0 Å². The molecule has 0 aliphatic heterocycles. The normalized spacial score (nSPS) is 12.5. The van der Waals surface area contributed by atoms with Crippen LogP contribution in [0.4, 0.5) is 0 Å². The van der Waals surface area contributed by atoms with Crippen LogP contribution in [-0.2, 0) is 29.2 Å². The molecule has 0 bridgehead atoms. The quantitative estimate of drug-likeness (QED) is 0.162. The Kier molecular flexibility index (Phi) is 19.8. The summed E-state index contributed by atoms with van der Waals surface area (Å²) in [5.41, 5.74) is 0. The molecule has 0 radical (unpaired) electrons. The number of hydrogen-bond donors (Lipinski definition) is 1. The van der Waals surface area contributed by atoms with Gasteiger partial charge in [0, 0.05) is 0 Å². The van der Waals surface area contributed by atoms with Gasteiger partial charge in [0.25, 0.3) is 10.1 Å². The Morgan fingerprint density at radius 3 is 1.66 bits per heavy atom. The Balaban J connectivity index is 0. The van der Waals surface area contributed by atoms with Gasteiger partial charge in [0.2, 0.25) is 0 Å². The molecule has 0 fully saturated rings. The first-order valence-corrected chi connectivity index (χ1v) is 11.8. The van der Waals surface area contributed by atoms with Gasteiger partial charge in [-0.15, -0.1) is 0 Å². The number of esters is 2. The summed E-state index contributed by atoms with van der Waals surface area (Å²) in [6, 6.07) is 0. The van der Waals surface area contributed by atoms with E-state index in [-0.39, 0.29) is 64.6 Å². The monoisotopic (exact) mass is 462 g/mol. The van der Waals surface area contributed by atoms with Crippen molar-refractivity contribution in [1.29, 1.82) is 0 Å². The van der Waals surface area contributed by atoms with E-state index in [9.17, 15) is 22.6 Å². The van der Waals surface area contributed by atoms with E-state index in [1.807, 2.05) is 0 Å². The van der Waals surface area contributed by atoms with Gasteiger partial charge in [-0.05, 0) is 24.7 Å². The summed E-state index contributed by atoms with van der Waals surface area (Å²) in [5.74, 6) is -0.715. The minimum absolute atomic E-state index is 0. The second-order valence-electron chi connectivity index (χ2n) is 8.08. The van der Waals surface area contributed by atoms with Gasteiger partial charge in [0.05, 0.1) is 19.6 Å². The fourth-order valence-corrected chi connectivity index (χ4v) is 3.29. The van der Waals surface area contributed by atoms with Crippen LogP contribution in [0.5, 0.6) is 0 Å². The summed E-state index contributed by atoms with van der Waals surface area (Å²) in [6.45, 7) is 8.76. The molecule has 1 unspecified atom stereocenters. The molecule has 1 N–H and O–H groups in total. The molecule has 0 aliphatic carbocycles. The van der Waals surface area contributed by atoms with Gasteiger partial charge in [-0.1, -0.05) is 66.2 Å². The van der Waals surface area contributed by atoms with Gasteiger partial charge < -0.3 is 9.47 Å². The number of carbonyl (C=O) groups is 2. The van der Waals surface area contributed by atoms with E-state index in [4.69, 9.17) is 9.47 Å². The zero-order chi connectivity index (χ0) is 21.6. The van der Waals surface area contributed by atoms with Gasteiger partial charge in [0.15, 0.2) is 5.25 Å². The summed E-state index contributed by atoms with van der Waals surface area (Å²) >= 11 is 0. The molecule has 168 valence electrons. The third-order valence-corrected chi connectivity index (χ3v) is 5.41. The maximum absolute atomic E-state index is 12.0. The van der Waals surface area contributed by atoms with E-state index in [0.29, 0.717) is 24.7 Å². The van der Waals surface area contributed by atoms with Crippen LogP contribution in [-0.4, -0.2) is 94.8 Å². The maximum atomic E-state index is 12.0. The predicted molar refractivity (Wildman–Crippen MR) is 116 cm³/mol. The van der Waals surface area contributed by atoms with E-state index in [2.05, 4.69) is 27.7 Å². The standard InChI is InChI=1S/C20H38O7S.K.H/c1-16(2)11-7-5-9-13-26-19(21)15-18(28(23,24)25)20(22)27-14-10-6-8-12-17(3)4;;/h16-18H,5-15H2,1-4H3,(H,23,24,25);;. The van der Waals surface area contributed by atoms with E-state index in [0.717, 1.165) is 38.5 Å². The molecule has 0 saturated carbocycles. The SMILES string of the molecule is CC(C)CCCCCOC(=O)CC(C(=O)OCCCCCC(C)C)S(=O)(=O)O.[KH]. The third-order valence-electron chi connectivity index (χ3n) is 4.33. The second-order valence-corrected chi connectivity index (χ2v) is 9.68. The van der Waals surface area contributed by atoms with Gasteiger partial charge in [-0.25, -0.2) is 0 Å². The number of unbranched alkanes of at least 4 members (excludes halogenated alkanes) is 4. The van der Waals surface area contributed by atoms with Gasteiger partial charge >= 0.3 is 63.3 Å². The fourth-order valence-electron chi connectivity index (χ4n) is 2.64. The molecule has 0 saturated heterocycles. The van der Waals surface area contributed by atoms with Crippen molar-refractivity contribution in [3.8, 4) is 0 Å². The first kappa shape index (κ1) is 31.7. The van der Waals surface area contributed by atoms with E-state index < -0.39 is 33.7 Å². The molecule has 9 heteroatoms. The van der Waals surface area contributed by atoms with Crippen LogP contribution in [0.3, 0.4) is 0 Å². The van der Waals surface area contributed by atoms with Crippen LogP contribution in [0.15, 0.2) is 0 Å². The van der Waals surface area contributed by atoms with Crippen molar-refractivity contribution in [2.45, 2.75) is 90.7 Å². The van der Waals surface area contributed by atoms with E-state index in [1.54, 1.807) is 0 Å². The number of carbonyl (C=O) groups excluding carboxylic acids is 2. The molecule has 0 aliphatic rings. The summed E-state index contributed by atoms with van der Waals surface area (Å²) in [5, 5.41) is -1.93. The van der Waals surface area contributed by atoms with Crippen molar-refractivity contribution in [2.75, 3.05) is 13.2 Å². The molecule has 0 heterocycles. The van der Waals surface area contributed by atoms with Crippen molar-refractivity contribution in [1.82, 2.24) is 0 Å². The topological polar surface area (TPSA) is 107 Å². The summed E-state index contributed by atoms with van der Waals surface area (Å²) in [4.78, 5) is 23.8. The molecule has 0 amide bonds. The molecule has 29 heavy (non-hydrogen) atoms. The molecule has 7 nitrogen and oxygen atoms in total. The fraction of sp³-hybridized carbons (Fsp3) is 0.900. The van der Waals surface area contributed by atoms with Crippen LogP contribution >= 0.6 is 0 Å². The first-order valence-electron chi connectivity index (χ1n) is 10.3. The van der Waals surface area contributed by atoms with Crippen molar-refractivity contribution >= 4 is 73.4 Å². The van der Waals surface area contributed by atoms with Crippen molar-refractivity contribution in [2.24, 2.45) is 11.8 Å². The molecule has 0 aromatic carbocycles.